The Kier molecular flexibility index (Phi) is 4.13. The average Bonchev–Trinajstić information content (AvgIpc) is 3.34. The molecule has 5 nitrogen and oxygen atoms in total. The second-order valence-corrected chi connectivity index (χ2v) is 7.63. The monoisotopic (exact) mass is 353 g/mol. The van der Waals surface area contributed by atoms with E-state index in [4.69, 9.17) is 4.52 Å². The molecule has 0 unspecified atom stereocenters. The summed E-state index contributed by atoms with van der Waals surface area (Å²) >= 11 is 1.53. The van der Waals surface area contributed by atoms with Gasteiger partial charge in [-0.25, -0.2) is 0 Å². The summed E-state index contributed by atoms with van der Waals surface area (Å²) in [6.45, 7) is 4.76. The third kappa shape index (κ3) is 2.98. The molecule has 1 aliphatic rings. The summed E-state index contributed by atoms with van der Waals surface area (Å²) in [5, 5.41) is 4.14. The lowest BCUT2D eigenvalue weighted by Crippen LogP contribution is -2.30. The van der Waals surface area contributed by atoms with Crippen LogP contribution in [0.25, 0.3) is 11.4 Å². The highest BCUT2D eigenvalue weighted by Crippen LogP contribution is 2.34. The quantitative estimate of drug-likeness (QED) is 0.700. The number of likely N-dealkylation sites (tertiary alicyclic amines) is 1. The number of amides is 1. The van der Waals surface area contributed by atoms with Gasteiger partial charge in [-0.15, -0.1) is 11.3 Å². The van der Waals surface area contributed by atoms with E-state index < -0.39 is 0 Å². The van der Waals surface area contributed by atoms with Gasteiger partial charge in [-0.1, -0.05) is 29.4 Å². The van der Waals surface area contributed by atoms with Crippen LogP contribution in [0.3, 0.4) is 0 Å². The number of rotatable bonds is 3. The standard InChI is InChI=1S/C19H19N3O2S/c1-12-6-3-4-7-14(12)17-20-18(24-21-17)15-8-5-11-22(15)19(23)16-10-9-13(2)25-16/h3-4,6-7,9-10,15H,5,8,11H2,1-2H3/t15-/m1/s1. The van der Waals surface area contributed by atoms with E-state index in [1.807, 2.05) is 55.1 Å². The maximum atomic E-state index is 12.8. The first-order valence-corrected chi connectivity index (χ1v) is 9.22. The van der Waals surface area contributed by atoms with Crippen LogP contribution < -0.4 is 0 Å². The molecule has 0 bridgehead atoms. The van der Waals surface area contributed by atoms with Crippen molar-refractivity contribution in [2.75, 3.05) is 6.54 Å². The summed E-state index contributed by atoms with van der Waals surface area (Å²) in [5.41, 5.74) is 2.06. The first-order chi connectivity index (χ1) is 12.1. The smallest absolute Gasteiger partial charge is 0.264 e. The Hall–Kier alpha value is -2.47. The molecule has 1 amide bonds. The molecule has 1 atom stereocenters. The van der Waals surface area contributed by atoms with Crippen molar-refractivity contribution in [2.45, 2.75) is 32.7 Å². The average molecular weight is 353 g/mol. The molecule has 4 rings (SSSR count). The molecular formula is C19H19N3O2S. The van der Waals surface area contributed by atoms with Crippen molar-refractivity contribution in [3.8, 4) is 11.4 Å². The highest BCUT2D eigenvalue weighted by atomic mass is 32.1. The molecule has 25 heavy (non-hydrogen) atoms. The second-order valence-electron chi connectivity index (χ2n) is 6.34. The van der Waals surface area contributed by atoms with Crippen LogP contribution in [0.4, 0.5) is 0 Å². The van der Waals surface area contributed by atoms with E-state index >= 15 is 0 Å². The molecule has 128 valence electrons. The molecule has 1 fully saturated rings. The molecule has 6 heteroatoms. The number of benzene rings is 1. The molecule has 1 aromatic carbocycles. The summed E-state index contributed by atoms with van der Waals surface area (Å²) in [6, 6.07) is 11.7. The SMILES string of the molecule is Cc1ccc(C(=O)N2CCC[C@@H]2c2nc(-c3ccccc3C)no2)s1. The predicted octanol–water partition coefficient (Wildman–Crippen LogP) is 4.39. The lowest BCUT2D eigenvalue weighted by atomic mass is 10.1. The Morgan fingerprint density at radius 1 is 1.24 bits per heavy atom. The van der Waals surface area contributed by atoms with E-state index in [-0.39, 0.29) is 11.9 Å². The van der Waals surface area contributed by atoms with Crippen molar-refractivity contribution >= 4 is 17.2 Å². The van der Waals surface area contributed by atoms with Crippen LogP contribution in [0, 0.1) is 13.8 Å². The molecule has 0 spiro atoms. The number of carbonyl (C=O) groups is 1. The zero-order valence-electron chi connectivity index (χ0n) is 14.2. The number of hydrogen-bond donors (Lipinski definition) is 0. The van der Waals surface area contributed by atoms with E-state index in [1.54, 1.807) is 0 Å². The Balaban J connectivity index is 1.61. The molecule has 0 aliphatic carbocycles. The van der Waals surface area contributed by atoms with Crippen LogP contribution >= 0.6 is 11.3 Å². The number of aromatic nitrogens is 2. The van der Waals surface area contributed by atoms with Crippen LogP contribution in [0.5, 0.6) is 0 Å². The zero-order valence-corrected chi connectivity index (χ0v) is 15.0. The molecule has 3 heterocycles. The third-order valence-electron chi connectivity index (χ3n) is 4.58. The summed E-state index contributed by atoms with van der Waals surface area (Å²) < 4.78 is 5.53. The topological polar surface area (TPSA) is 59.2 Å². The first kappa shape index (κ1) is 16.0. The number of hydrogen-bond acceptors (Lipinski definition) is 5. The van der Waals surface area contributed by atoms with E-state index in [0.717, 1.165) is 40.3 Å². The van der Waals surface area contributed by atoms with Gasteiger partial charge in [0.05, 0.1) is 4.88 Å². The number of nitrogens with zero attached hydrogens (tertiary/aromatic N) is 3. The van der Waals surface area contributed by atoms with Gasteiger partial charge in [0.2, 0.25) is 11.7 Å². The molecule has 1 saturated heterocycles. The number of thiophene rings is 1. The van der Waals surface area contributed by atoms with Crippen molar-refractivity contribution in [1.29, 1.82) is 0 Å². The summed E-state index contributed by atoms with van der Waals surface area (Å²) in [6.07, 6.45) is 1.80. The highest BCUT2D eigenvalue weighted by Gasteiger charge is 2.35. The van der Waals surface area contributed by atoms with Crippen LogP contribution in [0.1, 0.15) is 44.9 Å². The molecule has 0 radical (unpaired) electrons. The van der Waals surface area contributed by atoms with Crippen LogP contribution in [-0.2, 0) is 0 Å². The Morgan fingerprint density at radius 3 is 2.84 bits per heavy atom. The molecule has 0 saturated carbocycles. The highest BCUT2D eigenvalue weighted by molar-refractivity contribution is 7.13. The Labute approximate surface area is 150 Å². The first-order valence-electron chi connectivity index (χ1n) is 8.40. The van der Waals surface area contributed by atoms with Crippen molar-refractivity contribution in [3.63, 3.8) is 0 Å². The maximum absolute atomic E-state index is 12.8. The van der Waals surface area contributed by atoms with Crippen molar-refractivity contribution in [2.24, 2.45) is 0 Å². The fourth-order valence-electron chi connectivity index (χ4n) is 3.26. The zero-order chi connectivity index (χ0) is 17.4. The fraction of sp³-hybridized carbons (Fsp3) is 0.316. The summed E-state index contributed by atoms with van der Waals surface area (Å²) in [4.78, 5) is 21.2. The Morgan fingerprint density at radius 2 is 2.08 bits per heavy atom. The van der Waals surface area contributed by atoms with Crippen LogP contribution in [-0.4, -0.2) is 27.5 Å². The van der Waals surface area contributed by atoms with Crippen molar-refractivity contribution < 1.29 is 9.32 Å². The lowest BCUT2D eigenvalue weighted by Gasteiger charge is -2.21. The summed E-state index contributed by atoms with van der Waals surface area (Å²) in [5.74, 6) is 1.16. The normalized spacial score (nSPS) is 17.2. The van der Waals surface area contributed by atoms with Gasteiger partial charge in [-0.3, -0.25) is 4.79 Å². The minimum Gasteiger partial charge on any atom is -0.337 e. The van der Waals surface area contributed by atoms with Gasteiger partial charge in [0.1, 0.15) is 6.04 Å². The van der Waals surface area contributed by atoms with Crippen LogP contribution in [0.2, 0.25) is 0 Å². The van der Waals surface area contributed by atoms with E-state index in [1.165, 1.54) is 11.3 Å². The van der Waals surface area contributed by atoms with Gasteiger partial charge < -0.3 is 9.42 Å². The van der Waals surface area contributed by atoms with Gasteiger partial charge in [-0.05, 0) is 44.4 Å². The molecule has 3 aromatic rings. The second kappa shape index (κ2) is 6.44. The number of aryl methyl sites for hydroxylation is 2. The van der Waals surface area contributed by atoms with Gasteiger partial charge in [-0.2, -0.15) is 4.98 Å². The van der Waals surface area contributed by atoms with E-state index in [9.17, 15) is 4.79 Å². The minimum absolute atomic E-state index is 0.0521. The number of carbonyl (C=O) groups excluding carboxylic acids is 1. The van der Waals surface area contributed by atoms with Gasteiger partial charge in [0.15, 0.2) is 0 Å². The van der Waals surface area contributed by atoms with Gasteiger partial charge >= 0.3 is 0 Å². The minimum atomic E-state index is -0.139. The van der Waals surface area contributed by atoms with Gasteiger partial charge in [0.25, 0.3) is 5.91 Å². The van der Waals surface area contributed by atoms with Crippen LogP contribution in [0.15, 0.2) is 40.9 Å². The fourth-order valence-corrected chi connectivity index (χ4v) is 4.08. The predicted molar refractivity (Wildman–Crippen MR) is 96.5 cm³/mol. The lowest BCUT2D eigenvalue weighted by molar-refractivity contribution is 0.0715. The van der Waals surface area contributed by atoms with Gasteiger partial charge in [0, 0.05) is 17.0 Å². The Bertz CT molecular complexity index is 915. The van der Waals surface area contributed by atoms with E-state index in [0.29, 0.717) is 11.7 Å². The summed E-state index contributed by atoms with van der Waals surface area (Å²) in [7, 11) is 0. The molecule has 0 N–H and O–H groups in total. The largest absolute Gasteiger partial charge is 0.337 e. The molecule has 1 aliphatic heterocycles. The van der Waals surface area contributed by atoms with Crippen molar-refractivity contribution in [1.82, 2.24) is 15.0 Å². The molecule has 2 aromatic heterocycles. The van der Waals surface area contributed by atoms with Crippen molar-refractivity contribution in [3.05, 3.63) is 57.6 Å². The maximum Gasteiger partial charge on any atom is 0.264 e. The third-order valence-corrected chi connectivity index (χ3v) is 5.57. The molecular weight excluding hydrogens is 334 g/mol. The van der Waals surface area contributed by atoms with E-state index in [2.05, 4.69) is 10.1 Å².